The van der Waals surface area contributed by atoms with Crippen LogP contribution in [0.5, 0.6) is 0 Å². The molecule has 0 bridgehead atoms. The Morgan fingerprint density at radius 2 is 1.87 bits per heavy atom. The summed E-state index contributed by atoms with van der Waals surface area (Å²) < 4.78 is 32.2. The Morgan fingerprint density at radius 3 is 2.43 bits per heavy atom. The molecule has 2 rings (SSSR count). The highest BCUT2D eigenvalue weighted by atomic mass is 79.9. The van der Waals surface area contributed by atoms with Crippen molar-refractivity contribution in [1.29, 1.82) is 0 Å². The minimum atomic E-state index is -0.731. The molecule has 120 valence electrons. The molecule has 5 heteroatoms. The number of hydrogen-bond donors (Lipinski definition) is 0. The van der Waals surface area contributed by atoms with Crippen LogP contribution in [-0.4, -0.2) is 12.6 Å². The molecule has 0 aromatic heterocycles. The van der Waals surface area contributed by atoms with Crippen molar-refractivity contribution in [3.05, 3.63) is 76.9 Å². The van der Waals surface area contributed by atoms with Crippen LogP contribution in [0.2, 0.25) is 0 Å². The number of esters is 1. The summed E-state index contributed by atoms with van der Waals surface area (Å²) in [5, 5.41) is 0.690. The highest BCUT2D eigenvalue weighted by molar-refractivity contribution is 9.08. The van der Waals surface area contributed by atoms with Crippen molar-refractivity contribution in [3.8, 4) is 0 Å². The largest absolute Gasteiger partial charge is 0.463 e. The van der Waals surface area contributed by atoms with Gasteiger partial charge >= 0.3 is 5.97 Å². The molecule has 0 unspecified atom stereocenters. The van der Waals surface area contributed by atoms with Gasteiger partial charge in [-0.05, 0) is 35.8 Å². The van der Waals surface area contributed by atoms with Crippen LogP contribution in [0, 0.1) is 11.6 Å². The molecule has 0 aliphatic rings. The van der Waals surface area contributed by atoms with Crippen LogP contribution >= 0.6 is 15.9 Å². The molecule has 0 saturated carbocycles. The van der Waals surface area contributed by atoms with E-state index in [1.807, 2.05) is 12.1 Å². The first-order valence-corrected chi connectivity index (χ1v) is 8.16. The summed E-state index contributed by atoms with van der Waals surface area (Å²) in [5.74, 6) is -1.97. The standard InChI is InChI=1S/C18H15BrF2O2/c1-2-23-18(22)10-16(13-5-3-12(11-19)4-6-13)15-8-7-14(20)9-17(15)21/h3-10H,2,11H2,1H3/b16-10+. The van der Waals surface area contributed by atoms with Crippen LogP contribution in [0.25, 0.3) is 5.57 Å². The minimum absolute atomic E-state index is 0.144. The maximum Gasteiger partial charge on any atom is 0.331 e. The lowest BCUT2D eigenvalue weighted by atomic mass is 9.96. The lowest BCUT2D eigenvalue weighted by Crippen LogP contribution is -2.03. The van der Waals surface area contributed by atoms with Crippen LogP contribution in [-0.2, 0) is 14.9 Å². The summed E-state index contributed by atoms with van der Waals surface area (Å²) in [7, 11) is 0. The Morgan fingerprint density at radius 1 is 1.17 bits per heavy atom. The van der Waals surface area contributed by atoms with Gasteiger partial charge in [0.1, 0.15) is 11.6 Å². The lowest BCUT2D eigenvalue weighted by molar-refractivity contribution is -0.137. The minimum Gasteiger partial charge on any atom is -0.463 e. The molecule has 0 heterocycles. The number of ether oxygens (including phenoxy) is 1. The fourth-order valence-electron chi connectivity index (χ4n) is 2.10. The Labute approximate surface area is 141 Å². The summed E-state index contributed by atoms with van der Waals surface area (Å²) in [6.45, 7) is 1.91. The number of benzene rings is 2. The van der Waals surface area contributed by atoms with E-state index >= 15 is 0 Å². The maximum atomic E-state index is 14.1. The molecule has 2 aromatic rings. The first kappa shape index (κ1) is 17.3. The molecule has 0 spiro atoms. The van der Waals surface area contributed by atoms with Gasteiger partial charge in [-0.2, -0.15) is 0 Å². The van der Waals surface area contributed by atoms with Gasteiger partial charge in [0.25, 0.3) is 0 Å². The molecule has 0 aliphatic heterocycles. The number of halogens is 3. The summed E-state index contributed by atoms with van der Waals surface area (Å²) in [6.07, 6.45) is 1.23. The molecule has 0 aliphatic carbocycles. The molecular formula is C18H15BrF2O2. The zero-order valence-corrected chi connectivity index (χ0v) is 14.1. The van der Waals surface area contributed by atoms with Crippen molar-refractivity contribution < 1.29 is 18.3 Å². The molecule has 23 heavy (non-hydrogen) atoms. The van der Waals surface area contributed by atoms with E-state index in [2.05, 4.69) is 15.9 Å². The Bertz CT molecular complexity index is 724. The average molecular weight is 381 g/mol. The van der Waals surface area contributed by atoms with Crippen molar-refractivity contribution in [1.82, 2.24) is 0 Å². The van der Waals surface area contributed by atoms with Gasteiger partial charge in [-0.25, -0.2) is 13.6 Å². The third kappa shape index (κ3) is 4.48. The highest BCUT2D eigenvalue weighted by Gasteiger charge is 2.13. The fourth-order valence-corrected chi connectivity index (χ4v) is 2.47. The van der Waals surface area contributed by atoms with Gasteiger partial charge in [0.2, 0.25) is 0 Å². The highest BCUT2D eigenvalue weighted by Crippen LogP contribution is 2.27. The molecule has 0 atom stereocenters. The molecule has 0 radical (unpaired) electrons. The van der Waals surface area contributed by atoms with Gasteiger partial charge in [0, 0.05) is 23.0 Å². The molecule has 2 nitrogen and oxygen atoms in total. The van der Waals surface area contributed by atoms with E-state index in [9.17, 15) is 13.6 Å². The quantitative estimate of drug-likeness (QED) is 0.420. The normalized spacial score (nSPS) is 11.4. The Balaban J connectivity index is 2.52. The molecule has 0 N–H and O–H groups in total. The zero-order chi connectivity index (χ0) is 16.8. The van der Waals surface area contributed by atoms with Gasteiger partial charge in [0.15, 0.2) is 0 Å². The van der Waals surface area contributed by atoms with Gasteiger partial charge < -0.3 is 4.74 Å². The zero-order valence-electron chi connectivity index (χ0n) is 12.5. The number of alkyl halides is 1. The Hall–Kier alpha value is -2.01. The van der Waals surface area contributed by atoms with E-state index in [0.29, 0.717) is 16.5 Å². The average Bonchev–Trinajstić information content (AvgIpc) is 2.54. The van der Waals surface area contributed by atoms with Crippen LogP contribution in [0.3, 0.4) is 0 Å². The van der Waals surface area contributed by atoms with Crippen molar-refractivity contribution in [2.45, 2.75) is 12.3 Å². The Kier molecular flexibility index (Phi) is 6.04. The predicted molar refractivity (Wildman–Crippen MR) is 89.1 cm³/mol. The second-order valence-electron chi connectivity index (χ2n) is 4.76. The fraction of sp³-hybridized carbons (Fsp3) is 0.167. The second-order valence-corrected chi connectivity index (χ2v) is 5.33. The molecular weight excluding hydrogens is 366 g/mol. The van der Waals surface area contributed by atoms with E-state index in [1.165, 1.54) is 12.1 Å². The predicted octanol–water partition coefficient (Wildman–Crippen LogP) is 4.85. The van der Waals surface area contributed by atoms with Gasteiger partial charge in [0.05, 0.1) is 6.61 Å². The summed E-state index contributed by atoms with van der Waals surface area (Å²) >= 11 is 3.35. The van der Waals surface area contributed by atoms with Gasteiger partial charge in [-0.3, -0.25) is 0 Å². The van der Waals surface area contributed by atoms with Crippen molar-refractivity contribution in [2.24, 2.45) is 0 Å². The summed E-state index contributed by atoms with van der Waals surface area (Å²) in [6, 6.07) is 10.6. The third-order valence-electron chi connectivity index (χ3n) is 3.19. The number of carbonyl (C=O) groups is 1. The maximum absolute atomic E-state index is 14.1. The van der Waals surface area contributed by atoms with Crippen molar-refractivity contribution in [3.63, 3.8) is 0 Å². The number of hydrogen-bond acceptors (Lipinski definition) is 2. The van der Waals surface area contributed by atoms with E-state index in [4.69, 9.17) is 4.74 Å². The first-order valence-electron chi connectivity index (χ1n) is 7.04. The van der Waals surface area contributed by atoms with Crippen molar-refractivity contribution in [2.75, 3.05) is 6.61 Å². The van der Waals surface area contributed by atoms with Crippen LogP contribution in [0.1, 0.15) is 23.6 Å². The molecule has 0 fully saturated rings. The second kappa shape index (κ2) is 8.02. The number of rotatable bonds is 5. The first-order chi connectivity index (χ1) is 11.0. The molecule has 0 amide bonds. The summed E-state index contributed by atoms with van der Waals surface area (Å²) in [5.41, 5.74) is 2.19. The van der Waals surface area contributed by atoms with Gasteiger partial charge in [-0.15, -0.1) is 0 Å². The van der Waals surface area contributed by atoms with Crippen molar-refractivity contribution >= 4 is 27.5 Å². The topological polar surface area (TPSA) is 26.3 Å². The van der Waals surface area contributed by atoms with Crippen LogP contribution in [0.15, 0.2) is 48.5 Å². The van der Waals surface area contributed by atoms with E-state index in [0.717, 1.165) is 17.7 Å². The van der Waals surface area contributed by atoms with E-state index < -0.39 is 17.6 Å². The SMILES string of the molecule is CCOC(=O)/C=C(\c1ccc(CBr)cc1)c1ccc(F)cc1F. The lowest BCUT2D eigenvalue weighted by Gasteiger charge is -2.10. The third-order valence-corrected chi connectivity index (χ3v) is 3.84. The smallest absolute Gasteiger partial charge is 0.331 e. The van der Waals surface area contributed by atoms with Crippen LogP contribution in [0.4, 0.5) is 8.78 Å². The van der Waals surface area contributed by atoms with E-state index in [-0.39, 0.29) is 12.2 Å². The van der Waals surface area contributed by atoms with Crippen LogP contribution < -0.4 is 0 Å². The van der Waals surface area contributed by atoms with Gasteiger partial charge in [-0.1, -0.05) is 40.2 Å². The number of carbonyl (C=O) groups excluding carboxylic acids is 1. The van der Waals surface area contributed by atoms with E-state index in [1.54, 1.807) is 19.1 Å². The summed E-state index contributed by atoms with van der Waals surface area (Å²) in [4.78, 5) is 11.8. The molecule has 0 saturated heterocycles. The monoisotopic (exact) mass is 380 g/mol. The molecule has 2 aromatic carbocycles.